The van der Waals surface area contributed by atoms with Gasteiger partial charge in [-0.25, -0.2) is 4.98 Å². The molecule has 0 fully saturated rings. The third-order valence-corrected chi connectivity index (χ3v) is 10.5. The summed E-state index contributed by atoms with van der Waals surface area (Å²) in [6.07, 6.45) is 2.28. The predicted octanol–water partition coefficient (Wildman–Crippen LogP) is 12.4. The van der Waals surface area contributed by atoms with Crippen LogP contribution in [0.4, 0.5) is 0 Å². The van der Waals surface area contributed by atoms with E-state index in [2.05, 4.69) is 128 Å². The van der Waals surface area contributed by atoms with Crippen LogP contribution in [-0.4, -0.2) is 9.55 Å². The number of aryl methyl sites for hydroxylation is 1. The van der Waals surface area contributed by atoms with E-state index < -0.39 is 0 Å². The molecule has 49 heavy (non-hydrogen) atoms. The average molecular weight is 629 g/mol. The van der Waals surface area contributed by atoms with E-state index in [1.54, 1.807) is 0 Å². The lowest BCUT2D eigenvalue weighted by atomic mass is 9.90. The Morgan fingerprint density at radius 3 is 2.31 bits per heavy atom. The molecule has 0 N–H and O–H groups in total. The number of benzene rings is 7. The van der Waals surface area contributed by atoms with Gasteiger partial charge in [-0.05, 0) is 101 Å². The summed E-state index contributed by atoms with van der Waals surface area (Å²) >= 11 is 0. The van der Waals surface area contributed by atoms with Crippen molar-refractivity contribution in [1.82, 2.24) is 9.55 Å². The van der Waals surface area contributed by atoms with Crippen LogP contribution in [0.25, 0.3) is 99.5 Å². The first-order chi connectivity index (χ1) is 24.2. The summed E-state index contributed by atoms with van der Waals surface area (Å²) in [6.45, 7) is 4.40. The Morgan fingerprint density at radius 2 is 1.41 bits per heavy atom. The van der Waals surface area contributed by atoms with Gasteiger partial charge < -0.3 is 13.4 Å². The zero-order valence-electron chi connectivity index (χ0n) is 26.9. The number of furan rings is 1. The Hall–Kier alpha value is -6.39. The fourth-order valence-corrected chi connectivity index (χ4v) is 8.36. The van der Waals surface area contributed by atoms with Crippen LogP contribution in [0.5, 0.6) is 0 Å². The molecule has 0 saturated carbocycles. The van der Waals surface area contributed by atoms with Crippen LogP contribution in [0.3, 0.4) is 0 Å². The quantitative estimate of drug-likeness (QED) is 0.191. The highest BCUT2D eigenvalue weighted by Crippen LogP contribution is 2.50. The van der Waals surface area contributed by atoms with Gasteiger partial charge in [0, 0.05) is 32.5 Å². The van der Waals surface area contributed by atoms with Crippen LogP contribution in [0.1, 0.15) is 23.6 Å². The van der Waals surface area contributed by atoms with E-state index >= 15 is 0 Å². The molecule has 11 rings (SSSR count). The van der Waals surface area contributed by atoms with E-state index in [9.17, 15) is 0 Å². The first-order valence-electron chi connectivity index (χ1n) is 16.8. The average Bonchev–Trinajstić information content (AvgIpc) is 3.81. The predicted molar refractivity (Wildman–Crippen MR) is 201 cm³/mol. The monoisotopic (exact) mass is 628 g/mol. The lowest BCUT2D eigenvalue weighted by Crippen LogP contribution is -1.99. The van der Waals surface area contributed by atoms with Gasteiger partial charge in [-0.15, -0.1) is 0 Å². The standard InChI is InChI=1S/C45H28N2O2/c1-3-28-30-13-6-7-14-31(30)33-15-10-17-36-41(33)42-37(22-19-25(2)40(28)42)47(36)43-29-12-5-4-11-26(29)23-34-32-21-20-27(24-39(32)48-44(34)43)45-46-35-16-8-9-18-38(35)49-45/h3-24H,1-2H3/b28-3-. The molecule has 3 aromatic heterocycles. The van der Waals surface area contributed by atoms with Crippen LogP contribution in [0, 0.1) is 6.92 Å². The molecule has 4 nitrogen and oxygen atoms in total. The Balaban J connectivity index is 1.28. The van der Waals surface area contributed by atoms with Crippen LogP contribution in [0.2, 0.25) is 0 Å². The van der Waals surface area contributed by atoms with Crippen LogP contribution in [-0.2, 0) is 0 Å². The number of aromatic nitrogens is 2. The highest BCUT2D eigenvalue weighted by Gasteiger charge is 2.28. The van der Waals surface area contributed by atoms with Gasteiger partial charge in [-0.1, -0.05) is 84.9 Å². The molecule has 7 aromatic carbocycles. The third kappa shape index (κ3) is 3.50. The van der Waals surface area contributed by atoms with Crippen LogP contribution >= 0.6 is 0 Å². The normalized spacial score (nSPS) is 13.6. The summed E-state index contributed by atoms with van der Waals surface area (Å²) in [7, 11) is 0. The number of fused-ring (bicyclic) bond motifs is 7. The minimum atomic E-state index is 0.585. The fraction of sp³-hybridized carbons (Fsp3) is 0.0444. The molecular formula is C45H28N2O2. The SMILES string of the molecule is C/C=C1/c2ccccc2-c2cccc3c2c2c1c(C)ccc2n3-c1c2ccccc2cc2c1oc1cc(-c3nc4ccccc4o3)ccc12. The Morgan fingerprint density at radius 1 is 0.612 bits per heavy atom. The molecule has 0 aliphatic heterocycles. The summed E-state index contributed by atoms with van der Waals surface area (Å²) in [4.78, 5) is 4.76. The number of oxazole rings is 1. The van der Waals surface area contributed by atoms with E-state index in [-0.39, 0.29) is 0 Å². The maximum atomic E-state index is 6.97. The maximum absolute atomic E-state index is 6.97. The van der Waals surface area contributed by atoms with Gasteiger partial charge in [0.05, 0.1) is 16.7 Å². The zero-order chi connectivity index (χ0) is 32.4. The van der Waals surface area contributed by atoms with Crippen molar-refractivity contribution in [3.63, 3.8) is 0 Å². The van der Waals surface area contributed by atoms with Crippen molar-refractivity contribution >= 4 is 71.2 Å². The minimum absolute atomic E-state index is 0.585. The molecule has 3 heterocycles. The largest absolute Gasteiger partial charge is 0.454 e. The number of hydrogen-bond acceptors (Lipinski definition) is 3. The number of allylic oxidation sites excluding steroid dienone is 1. The number of hydrogen-bond donors (Lipinski definition) is 0. The second-order valence-corrected chi connectivity index (χ2v) is 13.1. The van der Waals surface area contributed by atoms with Gasteiger partial charge in [0.2, 0.25) is 5.89 Å². The van der Waals surface area contributed by atoms with E-state index in [0.717, 1.165) is 55.2 Å². The Kier molecular flexibility index (Phi) is 5.21. The van der Waals surface area contributed by atoms with Crippen molar-refractivity contribution in [2.45, 2.75) is 13.8 Å². The van der Waals surface area contributed by atoms with Gasteiger partial charge in [0.25, 0.3) is 0 Å². The summed E-state index contributed by atoms with van der Waals surface area (Å²) in [5, 5.41) is 7.01. The number of rotatable bonds is 2. The molecular weight excluding hydrogens is 601 g/mol. The maximum Gasteiger partial charge on any atom is 0.227 e. The molecule has 0 saturated heterocycles. The van der Waals surface area contributed by atoms with Crippen LogP contribution in [0.15, 0.2) is 142 Å². The smallest absolute Gasteiger partial charge is 0.227 e. The van der Waals surface area contributed by atoms with E-state index in [1.807, 2.05) is 24.3 Å². The van der Waals surface area contributed by atoms with Crippen molar-refractivity contribution in [1.29, 1.82) is 0 Å². The molecule has 0 atom stereocenters. The van der Waals surface area contributed by atoms with Gasteiger partial charge in [-0.2, -0.15) is 0 Å². The van der Waals surface area contributed by atoms with Crippen molar-refractivity contribution in [3.05, 3.63) is 150 Å². The van der Waals surface area contributed by atoms with E-state index in [0.29, 0.717) is 5.89 Å². The lowest BCUT2D eigenvalue weighted by molar-refractivity contribution is 0.619. The van der Waals surface area contributed by atoms with Gasteiger partial charge in [-0.3, -0.25) is 0 Å². The Bertz CT molecular complexity index is 3040. The van der Waals surface area contributed by atoms with Crippen molar-refractivity contribution < 1.29 is 8.83 Å². The number of nitrogens with zero attached hydrogens (tertiary/aromatic N) is 2. The van der Waals surface area contributed by atoms with E-state index in [4.69, 9.17) is 13.8 Å². The van der Waals surface area contributed by atoms with Crippen molar-refractivity contribution in [2.24, 2.45) is 0 Å². The van der Waals surface area contributed by atoms with Crippen molar-refractivity contribution in [3.8, 4) is 28.3 Å². The second kappa shape index (κ2) is 9.59. The molecule has 4 heteroatoms. The molecule has 1 aliphatic rings. The first-order valence-corrected chi connectivity index (χ1v) is 16.8. The highest BCUT2D eigenvalue weighted by molar-refractivity contribution is 6.25. The summed E-state index contributed by atoms with van der Waals surface area (Å²) in [6, 6.07) is 45.2. The minimum Gasteiger partial charge on any atom is -0.454 e. The molecule has 10 aromatic rings. The zero-order valence-corrected chi connectivity index (χ0v) is 26.9. The van der Waals surface area contributed by atoms with E-state index in [1.165, 1.54) is 55.1 Å². The molecule has 0 bridgehead atoms. The molecule has 1 aliphatic carbocycles. The molecule has 0 spiro atoms. The summed E-state index contributed by atoms with van der Waals surface area (Å²) < 4.78 is 15.6. The third-order valence-electron chi connectivity index (χ3n) is 10.5. The lowest BCUT2D eigenvalue weighted by Gasteiger charge is -2.17. The number of para-hydroxylation sites is 2. The topological polar surface area (TPSA) is 44.1 Å². The van der Waals surface area contributed by atoms with Gasteiger partial charge >= 0.3 is 0 Å². The van der Waals surface area contributed by atoms with Crippen molar-refractivity contribution in [2.75, 3.05) is 0 Å². The first kappa shape index (κ1) is 26.7. The van der Waals surface area contributed by atoms with Crippen LogP contribution < -0.4 is 0 Å². The Labute approximate surface area is 281 Å². The molecule has 0 unspecified atom stereocenters. The molecule has 230 valence electrons. The van der Waals surface area contributed by atoms with Gasteiger partial charge in [0.1, 0.15) is 11.1 Å². The fourth-order valence-electron chi connectivity index (χ4n) is 8.36. The highest BCUT2D eigenvalue weighted by atomic mass is 16.3. The molecule has 0 radical (unpaired) electrons. The van der Waals surface area contributed by atoms with Gasteiger partial charge in [0.15, 0.2) is 11.2 Å². The summed E-state index contributed by atoms with van der Waals surface area (Å²) in [5.41, 5.74) is 15.2. The molecule has 0 amide bonds. The summed E-state index contributed by atoms with van der Waals surface area (Å²) in [5.74, 6) is 0.585. The second-order valence-electron chi connectivity index (χ2n) is 13.1.